The molecule has 2 aromatic heterocycles. The molecule has 0 unspecified atom stereocenters. The fraction of sp³-hybridized carbons (Fsp3) is 0.526. The van der Waals surface area contributed by atoms with E-state index in [9.17, 15) is 0 Å². The van der Waals surface area contributed by atoms with Crippen LogP contribution in [0, 0.1) is 11.3 Å². The molecule has 0 radical (unpaired) electrons. The molecular formula is C19H23Cl2N5S. The van der Waals surface area contributed by atoms with Crippen molar-refractivity contribution in [1.82, 2.24) is 15.0 Å². The minimum Gasteiger partial charge on any atom is -0.384 e. The van der Waals surface area contributed by atoms with Crippen molar-refractivity contribution in [2.45, 2.75) is 48.9 Å². The Morgan fingerprint density at radius 2 is 1.96 bits per heavy atom. The van der Waals surface area contributed by atoms with Gasteiger partial charge in [0.05, 0.1) is 17.4 Å². The Bertz CT molecular complexity index is 822. The molecule has 144 valence electrons. The van der Waals surface area contributed by atoms with E-state index in [1.165, 1.54) is 43.9 Å². The second-order valence-electron chi connectivity index (χ2n) is 7.61. The van der Waals surface area contributed by atoms with E-state index < -0.39 is 0 Å². The Hall–Kier alpha value is -1.24. The third-order valence-electron chi connectivity index (χ3n) is 6.17. The molecule has 2 fully saturated rings. The summed E-state index contributed by atoms with van der Waals surface area (Å²) < 4.78 is 0. The van der Waals surface area contributed by atoms with Crippen LogP contribution in [-0.4, -0.2) is 28.0 Å². The maximum atomic E-state index is 6.21. The molecule has 27 heavy (non-hydrogen) atoms. The SMILES string of the molecule is C[C@@H]1CCCC12CCN(c1cnc(Sc3cc(N)nc(Cl)c3Cl)cn1)CC2. The van der Waals surface area contributed by atoms with Gasteiger partial charge in [0.15, 0.2) is 5.15 Å². The molecule has 2 aliphatic rings. The molecule has 1 saturated heterocycles. The zero-order valence-electron chi connectivity index (χ0n) is 15.3. The number of rotatable bonds is 3. The number of nitrogens with two attached hydrogens (primary N) is 1. The summed E-state index contributed by atoms with van der Waals surface area (Å²) in [5.41, 5.74) is 6.32. The Morgan fingerprint density at radius 3 is 2.59 bits per heavy atom. The Balaban J connectivity index is 1.43. The summed E-state index contributed by atoms with van der Waals surface area (Å²) in [6.45, 7) is 4.55. The predicted octanol–water partition coefficient (Wildman–Crippen LogP) is 5.32. The van der Waals surface area contributed by atoms with Gasteiger partial charge in [0, 0.05) is 18.0 Å². The van der Waals surface area contributed by atoms with Gasteiger partial charge in [-0.05, 0) is 36.7 Å². The van der Waals surface area contributed by atoms with Gasteiger partial charge < -0.3 is 10.6 Å². The maximum absolute atomic E-state index is 6.21. The molecule has 8 heteroatoms. The van der Waals surface area contributed by atoms with Crippen LogP contribution in [0.15, 0.2) is 28.4 Å². The largest absolute Gasteiger partial charge is 0.384 e. The van der Waals surface area contributed by atoms with Gasteiger partial charge in [0.25, 0.3) is 0 Å². The summed E-state index contributed by atoms with van der Waals surface area (Å²) in [5.74, 6) is 2.13. The normalized spacial score (nSPS) is 21.7. The average molecular weight is 424 g/mol. The lowest BCUT2D eigenvalue weighted by atomic mass is 9.71. The van der Waals surface area contributed by atoms with Crippen molar-refractivity contribution >= 4 is 46.6 Å². The minimum atomic E-state index is 0.201. The number of anilines is 2. The summed E-state index contributed by atoms with van der Waals surface area (Å²) in [6, 6.07) is 1.70. The third-order valence-corrected chi connectivity index (χ3v) is 8.00. The number of nitrogen functional groups attached to an aromatic ring is 1. The molecule has 3 heterocycles. The van der Waals surface area contributed by atoms with Crippen LogP contribution in [0.4, 0.5) is 11.6 Å². The van der Waals surface area contributed by atoms with Crippen LogP contribution in [-0.2, 0) is 0 Å². The molecule has 1 aliphatic heterocycles. The first kappa shape index (κ1) is 19.1. The van der Waals surface area contributed by atoms with Crippen molar-refractivity contribution < 1.29 is 0 Å². The Morgan fingerprint density at radius 1 is 1.19 bits per heavy atom. The fourth-order valence-corrected chi connectivity index (χ4v) is 5.71. The number of hydrogen-bond donors (Lipinski definition) is 1. The zero-order chi connectivity index (χ0) is 19.0. The van der Waals surface area contributed by atoms with Gasteiger partial charge in [-0.1, -0.05) is 54.7 Å². The number of piperidine rings is 1. The van der Waals surface area contributed by atoms with E-state index in [-0.39, 0.29) is 5.15 Å². The van der Waals surface area contributed by atoms with Gasteiger partial charge in [0.1, 0.15) is 16.7 Å². The molecule has 1 saturated carbocycles. The highest BCUT2D eigenvalue weighted by Crippen LogP contribution is 2.50. The summed E-state index contributed by atoms with van der Waals surface area (Å²) in [5, 5.41) is 1.33. The van der Waals surface area contributed by atoms with E-state index >= 15 is 0 Å². The summed E-state index contributed by atoms with van der Waals surface area (Å²) in [6.07, 6.45) is 10.3. The van der Waals surface area contributed by atoms with E-state index in [1.807, 2.05) is 6.20 Å². The topological polar surface area (TPSA) is 67.9 Å². The molecule has 1 aliphatic carbocycles. The quantitative estimate of drug-likeness (QED) is 0.673. The number of nitrogens with zero attached hydrogens (tertiary/aromatic N) is 4. The van der Waals surface area contributed by atoms with Crippen LogP contribution < -0.4 is 10.6 Å². The first-order chi connectivity index (χ1) is 13.0. The monoisotopic (exact) mass is 423 g/mol. The lowest BCUT2D eigenvalue weighted by Crippen LogP contribution is -2.41. The summed E-state index contributed by atoms with van der Waals surface area (Å²) in [4.78, 5) is 16.2. The van der Waals surface area contributed by atoms with Gasteiger partial charge in [0.2, 0.25) is 0 Å². The first-order valence-corrected chi connectivity index (χ1v) is 10.9. The number of pyridine rings is 1. The van der Waals surface area contributed by atoms with Gasteiger partial charge in [-0.3, -0.25) is 0 Å². The van der Waals surface area contributed by atoms with Crippen molar-refractivity contribution in [3.05, 3.63) is 28.6 Å². The first-order valence-electron chi connectivity index (χ1n) is 9.33. The number of halogens is 2. The smallest absolute Gasteiger partial charge is 0.151 e. The van der Waals surface area contributed by atoms with E-state index in [4.69, 9.17) is 28.9 Å². The average Bonchev–Trinajstić information content (AvgIpc) is 3.01. The van der Waals surface area contributed by atoms with Crippen molar-refractivity contribution in [2.75, 3.05) is 23.7 Å². The molecule has 1 spiro atoms. The van der Waals surface area contributed by atoms with Gasteiger partial charge >= 0.3 is 0 Å². The van der Waals surface area contributed by atoms with Crippen LogP contribution in [0.5, 0.6) is 0 Å². The standard InChI is InChI=1S/C19H23Cl2N5S/c1-12-3-2-4-19(12)5-7-26(8-6-19)15-10-24-16(11-23-15)27-13-9-14(22)25-18(21)17(13)20/h9-12H,2-8H2,1H3,(H2,22,25)/t12-/m1/s1. The molecule has 0 amide bonds. The van der Waals surface area contributed by atoms with Crippen molar-refractivity contribution in [1.29, 1.82) is 0 Å². The Labute approximate surface area is 174 Å². The van der Waals surface area contributed by atoms with Crippen LogP contribution in [0.3, 0.4) is 0 Å². The van der Waals surface area contributed by atoms with Gasteiger partial charge in [-0.2, -0.15) is 0 Å². The second kappa shape index (κ2) is 7.64. The lowest BCUT2D eigenvalue weighted by Gasteiger charge is -2.42. The van der Waals surface area contributed by atoms with E-state index in [0.717, 1.165) is 34.7 Å². The number of aromatic nitrogens is 3. The van der Waals surface area contributed by atoms with Crippen LogP contribution >= 0.6 is 35.0 Å². The van der Waals surface area contributed by atoms with E-state index in [2.05, 4.69) is 26.8 Å². The molecule has 5 nitrogen and oxygen atoms in total. The van der Waals surface area contributed by atoms with Crippen molar-refractivity contribution in [3.63, 3.8) is 0 Å². The lowest BCUT2D eigenvalue weighted by molar-refractivity contribution is 0.161. The molecule has 1 atom stereocenters. The molecule has 0 aromatic carbocycles. The Kier molecular flexibility index (Phi) is 5.41. The highest BCUT2D eigenvalue weighted by atomic mass is 35.5. The minimum absolute atomic E-state index is 0.201. The van der Waals surface area contributed by atoms with Gasteiger partial charge in [-0.15, -0.1) is 0 Å². The molecular weight excluding hydrogens is 401 g/mol. The highest BCUT2D eigenvalue weighted by molar-refractivity contribution is 7.99. The second-order valence-corrected chi connectivity index (χ2v) is 9.41. The van der Waals surface area contributed by atoms with Crippen molar-refractivity contribution in [3.8, 4) is 0 Å². The summed E-state index contributed by atoms with van der Waals surface area (Å²) in [7, 11) is 0. The predicted molar refractivity (Wildman–Crippen MR) is 112 cm³/mol. The van der Waals surface area contributed by atoms with Crippen LogP contribution in [0.2, 0.25) is 10.2 Å². The van der Waals surface area contributed by atoms with E-state index in [1.54, 1.807) is 12.3 Å². The maximum Gasteiger partial charge on any atom is 0.151 e. The summed E-state index contributed by atoms with van der Waals surface area (Å²) >= 11 is 13.6. The van der Waals surface area contributed by atoms with E-state index in [0.29, 0.717) is 16.3 Å². The molecule has 2 N–H and O–H groups in total. The molecule has 4 rings (SSSR count). The third kappa shape index (κ3) is 3.84. The molecule has 2 aromatic rings. The number of hydrogen-bond acceptors (Lipinski definition) is 6. The highest BCUT2D eigenvalue weighted by Gasteiger charge is 2.42. The fourth-order valence-electron chi connectivity index (χ4n) is 4.44. The van der Waals surface area contributed by atoms with Crippen LogP contribution in [0.1, 0.15) is 39.0 Å². The van der Waals surface area contributed by atoms with Crippen molar-refractivity contribution in [2.24, 2.45) is 11.3 Å². The van der Waals surface area contributed by atoms with Crippen LogP contribution in [0.25, 0.3) is 0 Å². The zero-order valence-corrected chi connectivity index (χ0v) is 17.6. The molecule has 0 bridgehead atoms. The van der Waals surface area contributed by atoms with Gasteiger partial charge in [-0.25, -0.2) is 15.0 Å².